The van der Waals surface area contributed by atoms with Crippen molar-refractivity contribution in [2.75, 3.05) is 5.75 Å². The van der Waals surface area contributed by atoms with Crippen LogP contribution in [0.2, 0.25) is 0 Å². The van der Waals surface area contributed by atoms with E-state index in [2.05, 4.69) is 16.8 Å². The van der Waals surface area contributed by atoms with Crippen molar-refractivity contribution in [3.05, 3.63) is 66.1 Å². The minimum Gasteiger partial charge on any atom is -0.469 e. The lowest BCUT2D eigenvalue weighted by molar-refractivity contribution is 0.102. The van der Waals surface area contributed by atoms with Crippen molar-refractivity contribution in [3.63, 3.8) is 0 Å². The van der Waals surface area contributed by atoms with Crippen molar-refractivity contribution >= 4 is 17.5 Å². The number of halogens is 2. The summed E-state index contributed by atoms with van der Waals surface area (Å²) in [6.07, 6.45) is 3.26. The Hall–Kier alpha value is -2.74. The van der Waals surface area contributed by atoms with Gasteiger partial charge < -0.3 is 4.42 Å². The lowest BCUT2D eigenvalue weighted by Crippen LogP contribution is -2.06. The number of rotatable bonds is 7. The van der Waals surface area contributed by atoms with Crippen LogP contribution >= 0.6 is 11.8 Å². The van der Waals surface area contributed by atoms with Gasteiger partial charge >= 0.3 is 0 Å². The monoisotopic (exact) mass is 375 g/mol. The molecule has 3 rings (SSSR count). The average Bonchev–Trinajstić information content (AvgIpc) is 3.21. The Morgan fingerprint density at radius 2 is 2.12 bits per heavy atom. The molecule has 3 aromatic rings. The van der Waals surface area contributed by atoms with E-state index >= 15 is 0 Å². The molecule has 8 heteroatoms. The number of allylic oxidation sites excluding steroid dienone is 1. The molecule has 0 saturated carbocycles. The van der Waals surface area contributed by atoms with Crippen molar-refractivity contribution < 1.29 is 18.0 Å². The normalized spacial score (nSPS) is 10.9. The standard InChI is InChI=1S/C18H15F2N3O2S/c1-3-7-23-17(13-6-8-25-11(13)2)21-22-18(23)26-10-16(24)12-4-5-14(19)15(20)9-12/h3-6,8-9H,1,7,10H2,2H3. The second-order valence-electron chi connectivity index (χ2n) is 5.44. The number of carbonyl (C=O) groups excluding carboxylic acids is 1. The minimum absolute atomic E-state index is 0.0186. The first kappa shape index (κ1) is 18.1. The molecule has 5 nitrogen and oxygen atoms in total. The molecule has 1 aromatic carbocycles. The van der Waals surface area contributed by atoms with E-state index in [4.69, 9.17) is 4.42 Å². The summed E-state index contributed by atoms with van der Waals surface area (Å²) in [5.41, 5.74) is 0.912. The Labute approximate surface area is 152 Å². The Morgan fingerprint density at radius 3 is 2.77 bits per heavy atom. The van der Waals surface area contributed by atoms with Gasteiger partial charge in [0.1, 0.15) is 5.76 Å². The van der Waals surface area contributed by atoms with Crippen LogP contribution in [0, 0.1) is 18.6 Å². The van der Waals surface area contributed by atoms with E-state index < -0.39 is 11.6 Å². The number of aryl methyl sites for hydroxylation is 1. The number of furan rings is 1. The van der Waals surface area contributed by atoms with E-state index in [1.54, 1.807) is 18.4 Å². The number of hydrogen-bond acceptors (Lipinski definition) is 5. The summed E-state index contributed by atoms with van der Waals surface area (Å²) >= 11 is 1.17. The predicted octanol–water partition coefficient (Wildman–Crippen LogP) is 4.29. The van der Waals surface area contributed by atoms with Gasteiger partial charge in [-0.2, -0.15) is 0 Å². The molecule has 0 aliphatic heterocycles. The van der Waals surface area contributed by atoms with E-state index in [0.717, 1.165) is 17.7 Å². The molecule has 0 aliphatic rings. The fourth-order valence-electron chi connectivity index (χ4n) is 2.39. The highest BCUT2D eigenvalue weighted by atomic mass is 32.2. The third kappa shape index (κ3) is 3.60. The molecule has 0 saturated heterocycles. The first-order valence-electron chi connectivity index (χ1n) is 7.71. The number of ketones is 1. The largest absolute Gasteiger partial charge is 0.469 e. The van der Waals surface area contributed by atoms with Gasteiger partial charge in [0.05, 0.1) is 17.6 Å². The summed E-state index contributed by atoms with van der Waals surface area (Å²) in [6, 6.07) is 4.88. The first-order chi connectivity index (χ1) is 12.5. The highest BCUT2D eigenvalue weighted by Gasteiger charge is 2.18. The van der Waals surface area contributed by atoms with Gasteiger partial charge in [0.2, 0.25) is 0 Å². The molecule has 0 bridgehead atoms. The van der Waals surface area contributed by atoms with Gasteiger partial charge in [0.25, 0.3) is 0 Å². The van der Waals surface area contributed by atoms with Gasteiger partial charge in [0, 0.05) is 12.1 Å². The summed E-state index contributed by atoms with van der Waals surface area (Å²) < 4.78 is 33.4. The Morgan fingerprint density at radius 1 is 1.31 bits per heavy atom. The minimum atomic E-state index is -1.05. The molecule has 134 valence electrons. The number of hydrogen-bond donors (Lipinski definition) is 0. The molecule has 0 amide bonds. The molecule has 0 radical (unpaired) electrons. The summed E-state index contributed by atoms with van der Waals surface area (Å²) in [5, 5.41) is 8.83. The Kier molecular flexibility index (Phi) is 5.32. The van der Waals surface area contributed by atoms with Gasteiger partial charge in [-0.05, 0) is 31.2 Å². The van der Waals surface area contributed by atoms with Crippen LogP contribution in [0.4, 0.5) is 8.78 Å². The smallest absolute Gasteiger partial charge is 0.192 e. The van der Waals surface area contributed by atoms with E-state index in [-0.39, 0.29) is 17.1 Å². The van der Waals surface area contributed by atoms with Gasteiger partial charge in [-0.1, -0.05) is 17.8 Å². The zero-order valence-electron chi connectivity index (χ0n) is 13.9. The van der Waals surface area contributed by atoms with Crippen molar-refractivity contribution in [1.29, 1.82) is 0 Å². The van der Waals surface area contributed by atoms with Crippen LogP contribution < -0.4 is 0 Å². The number of Topliss-reactive ketones (excluding diaryl/α,β-unsaturated/α-hetero) is 1. The second-order valence-corrected chi connectivity index (χ2v) is 6.38. The quantitative estimate of drug-likeness (QED) is 0.350. The van der Waals surface area contributed by atoms with Gasteiger partial charge in [-0.25, -0.2) is 8.78 Å². The fourth-order valence-corrected chi connectivity index (χ4v) is 3.23. The molecule has 0 aliphatic carbocycles. The number of aromatic nitrogens is 3. The molecule has 0 fully saturated rings. The van der Waals surface area contributed by atoms with Crippen molar-refractivity contribution in [1.82, 2.24) is 14.8 Å². The Bertz CT molecular complexity index is 965. The van der Waals surface area contributed by atoms with E-state index in [1.807, 2.05) is 11.5 Å². The van der Waals surface area contributed by atoms with Gasteiger partial charge in [-0.3, -0.25) is 9.36 Å². The Balaban J connectivity index is 1.80. The molecular formula is C18H15F2N3O2S. The van der Waals surface area contributed by atoms with E-state index in [0.29, 0.717) is 23.3 Å². The zero-order chi connectivity index (χ0) is 18.7. The molecule has 0 unspecified atom stereocenters. The highest BCUT2D eigenvalue weighted by molar-refractivity contribution is 7.99. The fraction of sp³-hybridized carbons (Fsp3) is 0.167. The zero-order valence-corrected chi connectivity index (χ0v) is 14.7. The highest BCUT2D eigenvalue weighted by Crippen LogP contribution is 2.27. The molecule has 0 N–H and O–H groups in total. The number of carbonyl (C=O) groups is 1. The maximum absolute atomic E-state index is 13.3. The second kappa shape index (κ2) is 7.65. The van der Waals surface area contributed by atoms with Crippen LogP contribution in [0.15, 0.2) is 52.8 Å². The molecule has 0 atom stereocenters. The SMILES string of the molecule is C=CCn1c(SCC(=O)c2ccc(F)c(F)c2)nnc1-c1ccoc1C. The number of benzene rings is 1. The van der Waals surface area contributed by atoms with Crippen molar-refractivity contribution in [2.45, 2.75) is 18.6 Å². The van der Waals surface area contributed by atoms with Crippen molar-refractivity contribution in [3.8, 4) is 11.4 Å². The maximum Gasteiger partial charge on any atom is 0.192 e. The summed E-state index contributed by atoms with van der Waals surface area (Å²) in [7, 11) is 0. The molecule has 0 spiro atoms. The van der Waals surface area contributed by atoms with Crippen LogP contribution in [0.1, 0.15) is 16.1 Å². The number of nitrogens with zero attached hydrogens (tertiary/aromatic N) is 3. The van der Waals surface area contributed by atoms with Crippen LogP contribution in [0.3, 0.4) is 0 Å². The molecule has 26 heavy (non-hydrogen) atoms. The van der Waals surface area contributed by atoms with Gasteiger partial charge in [-0.15, -0.1) is 16.8 Å². The first-order valence-corrected chi connectivity index (χ1v) is 8.69. The molecule has 2 aromatic heterocycles. The molecular weight excluding hydrogens is 360 g/mol. The summed E-state index contributed by atoms with van der Waals surface area (Å²) in [6.45, 7) is 6.00. The van der Waals surface area contributed by atoms with Crippen LogP contribution in [0.25, 0.3) is 11.4 Å². The van der Waals surface area contributed by atoms with Gasteiger partial charge in [0.15, 0.2) is 28.4 Å². The maximum atomic E-state index is 13.3. The lowest BCUT2D eigenvalue weighted by Gasteiger charge is -2.07. The van der Waals surface area contributed by atoms with Crippen LogP contribution in [-0.4, -0.2) is 26.3 Å². The summed E-state index contributed by atoms with van der Waals surface area (Å²) in [4.78, 5) is 12.2. The van der Waals surface area contributed by atoms with Crippen LogP contribution in [0.5, 0.6) is 0 Å². The van der Waals surface area contributed by atoms with Crippen LogP contribution in [-0.2, 0) is 6.54 Å². The predicted molar refractivity (Wildman–Crippen MR) is 94.1 cm³/mol. The summed E-state index contributed by atoms with van der Waals surface area (Å²) in [5.74, 6) is -1.03. The topological polar surface area (TPSA) is 60.9 Å². The average molecular weight is 375 g/mol. The van der Waals surface area contributed by atoms with Crippen molar-refractivity contribution in [2.24, 2.45) is 0 Å². The lowest BCUT2D eigenvalue weighted by atomic mass is 10.1. The van der Waals surface area contributed by atoms with E-state index in [1.165, 1.54) is 17.8 Å². The third-order valence-corrected chi connectivity index (χ3v) is 4.67. The number of thioether (sulfide) groups is 1. The molecule has 2 heterocycles. The van der Waals surface area contributed by atoms with E-state index in [9.17, 15) is 13.6 Å². The third-order valence-electron chi connectivity index (χ3n) is 3.70.